The molecule has 1 atom stereocenters. The molecule has 2 heterocycles. The van der Waals surface area contributed by atoms with Gasteiger partial charge in [-0.05, 0) is 36.8 Å². The third-order valence-electron chi connectivity index (χ3n) is 3.56. The van der Waals surface area contributed by atoms with Gasteiger partial charge in [0.25, 0.3) is 5.89 Å². The van der Waals surface area contributed by atoms with Crippen LogP contribution in [-0.4, -0.2) is 34.9 Å². The first kappa shape index (κ1) is 17.0. The molecule has 7 heteroatoms. The van der Waals surface area contributed by atoms with Crippen molar-refractivity contribution in [3.63, 3.8) is 0 Å². The fraction of sp³-hybridized carbons (Fsp3) is 0.278. The average Bonchev–Trinajstić information content (AvgIpc) is 3.06. The predicted molar refractivity (Wildman–Crippen MR) is 91.7 cm³/mol. The van der Waals surface area contributed by atoms with Gasteiger partial charge in [-0.15, -0.1) is 0 Å². The number of anilines is 1. The summed E-state index contributed by atoms with van der Waals surface area (Å²) in [6, 6.07) is 10.1. The maximum Gasteiger partial charge on any atom is 0.259 e. The molecule has 0 saturated heterocycles. The summed E-state index contributed by atoms with van der Waals surface area (Å²) >= 11 is 0. The number of ether oxygens (including phenoxy) is 1. The number of benzene rings is 1. The molecule has 0 aliphatic heterocycles. The minimum atomic E-state index is -0.267. The van der Waals surface area contributed by atoms with Crippen molar-refractivity contribution in [1.82, 2.24) is 15.1 Å². The fourth-order valence-corrected chi connectivity index (χ4v) is 2.38. The van der Waals surface area contributed by atoms with E-state index in [9.17, 15) is 4.39 Å². The smallest absolute Gasteiger partial charge is 0.259 e. The maximum absolute atomic E-state index is 12.9. The molecule has 0 aliphatic rings. The Morgan fingerprint density at radius 1 is 1.20 bits per heavy atom. The molecule has 0 fully saturated rings. The Kier molecular flexibility index (Phi) is 5.35. The molecule has 0 bridgehead atoms. The van der Waals surface area contributed by atoms with Gasteiger partial charge in [0, 0.05) is 25.8 Å². The number of hydrogen-bond acceptors (Lipinski definition) is 6. The maximum atomic E-state index is 12.9. The normalized spacial score (nSPS) is 12.1. The Hall–Kier alpha value is -2.80. The Morgan fingerprint density at radius 2 is 2.00 bits per heavy atom. The van der Waals surface area contributed by atoms with Crippen molar-refractivity contribution in [1.29, 1.82) is 0 Å². The van der Waals surface area contributed by atoms with Crippen molar-refractivity contribution in [2.75, 3.05) is 19.0 Å². The average molecular weight is 342 g/mol. The van der Waals surface area contributed by atoms with Gasteiger partial charge in [-0.3, -0.25) is 0 Å². The van der Waals surface area contributed by atoms with Gasteiger partial charge >= 0.3 is 0 Å². The second kappa shape index (κ2) is 7.85. The highest BCUT2D eigenvalue weighted by Crippen LogP contribution is 2.19. The van der Waals surface area contributed by atoms with Crippen LogP contribution >= 0.6 is 0 Å². The zero-order valence-electron chi connectivity index (χ0n) is 14.1. The first-order valence-electron chi connectivity index (χ1n) is 7.93. The number of aromatic nitrogens is 3. The Balaban J connectivity index is 1.66. The van der Waals surface area contributed by atoms with Gasteiger partial charge in [0.1, 0.15) is 11.6 Å². The summed E-state index contributed by atoms with van der Waals surface area (Å²) in [5, 5.41) is 7.20. The molecule has 0 spiro atoms. The van der Waals surface area contributed by atoms with Crippen LogP contribution < -0.4 is 5.32 Å². The Labute approximate surface area is 145 Å². The minimum absolute atomic E-state index is 0.161. The van der Waals surface area contributed by atoms with E-state index in [-0.39, 0.29) is 11.9 Å². The van der Waals surface area contributed by atoms with Crippen molar-refractivity contribution >= 4 is 5.82 Å². The highest BCUT2D eigenvalue weighted by atomic mass is 19.1. The van der Waals surface area contributed by atoms with E-state index in [0.717, 1.165) is 16.9 Å². The molecule has 130 valence electrons. The molecule has 0 saturated carbocycles. The van der Waals surface area contributed by atoms with Gasteiger partial charge in [-0.2, -0.15) is 4.98 Å². The third-order valence-corrected chi connectivity index (χ3v) is 3.56. The van der Waals surface area contributed by atoms with Gasteiger partial charge < -0.3 is 14.6 Å². The fourth-order valence-electron chi connectivity index (χ4n) is 2.38. The second-order valence-electron chi connectivity index (χ2n) is 5.75. The molecule has 0 radical (unpaired) electrons. The van der Waals surface area contributed by atoms with Crippen LogP contribution in [0.2, 0.25) is 0 Å². The number of nitrogens with zero attached hydrogens (tertiary/aromatic N) is 3. The van der Waals surface area contributed by atoms with Crippen LogP contribution in [0.1, 0.15) is 18.3 Å². The van der Waals surface area contributed by atoms with E-state index in [2.05, 4.69) is 20.4 Å². The molecular weight excluding hydrogens is 323 g/mol. The number of pyridine rings is 1. The topological polar surface area (TPSA) is 73.1 Å². The predicted octanol–water partition coefficient (Wildman–Crippen LogP) is 3.31. The van der Waals surface area contributed by atoms with E-state index in [1.165, 1.54) is 12.1 Å². The molecule has 3 aromatic rings. The van der Waals surface area contributed by atoms with Gasteiger partial charge in [-0.25, -0.2) is 9.37 Å². The molecular formula is C18H19FN4O2. The summed E-state index contributed by atoms with van der Waals surface area (Å²) in [6.45, 7) is 2.61. The SMILES string of the molecule is COC[C@@H](C)Nc1ccc(-c2nc(Cc3ccc(F)cc3)no2)cn1. The lowest BCUT2D eigenvalue weighted by molar-refractivity contribution is 0.190. The number of methoxy groups -OCH3 is 1. The van der Waals surface area contributed by atoms with E-state index in [4.69, 9.17) is 9.26 Å². The highest BCUT2D eigenvalue weighted by molar-refractivity contribution is 5.54. The molecule has 25 heavy (non-hydrogen) atoms. The summed E-state index contributed by atoms with van der Waals surface area (Å²) < 4.78 is 23.3. The summed E-state index contributed by atoms with van der Waals surface area (Å²) in [7, 11) is 1.66. The minimum Gasteiger partial charge on any atom is -0.383 e. The number of halogens is 1. The molecule has 3 rings (SSSR count). The second-order valence-corrected chi connectivity index (χ2v) is 5.75. The molecule has 0 unspecified atom stereocenters. The summed E-state index contributed by atoms with van der Waals surface area (Å²) in [5.74, 6) is 1.43. The van der Waals surface area contributed by atoms with Gasteiger partial charge in [0.2, 0.25) is 0 Å². The van der Waals surface area contributed by atoms with E-state index in [0.29, 0.717) is 24.7 Å². The molecule has 6 nitrogen and oxygen atoms in total. The summed E-state index contributed by atoms with van der Waals surface area (Å²) in [5.41, 5.74) is 1.65. The van der Waals surface area contributed by atoms with Crippen molar-refractivity contribution < 1.29 is 13.7 Å². The Bertz CT molecular complexity index is 803. The van der Waals surface area contributed by atoms with Crippen LogP contribution in [0, 0.1) is 5.82 Å². The van der Waals surface area contributed by atoms with Crippen molar-refractivity contribution in [3.05, 3.63) is 59.8 Å². The molecule has 2 aromatic heterocycles. The van der Waals surface area contributed by atoms with Gasteiger partial charge in [0.05, 0.1) is 12.2 Å². The van der Waals surface area contributed by atoms with Crippen LogP contribution in [0.15, 0.2) is 47.1 Å². The first-order chi connectivity index (χ1) is 12.1. The van der Waals surface area contributed by atoms with Crippen molar-refractivity contribution in [3.8, 4) is 11.5 Å². The van der Waals surface area contributed by atoms with Gasteiger partial charge in [-0.1, -0.05) is 17.3 Å². The van der Waals surface area contributed by atoms with Gasteiger partial charge in [0.15, 0.2) is 5.82 Å². The van der Waals surface area contributed by atoms with Crippen LogP contribution in [0.25, 0.3) is 11.5 Å². The molecule has 0 amide bonds. The quantitative estimate of drug-likeness (QED) is 0.710. The van der Waals surface area contributed by atoms with E-state index in [1.54, 1.807) is 25.4 Å². The first-order valence-corrected chi connectivity index (χ1v) is 7.93. The lowest BCUT2D eigenvalue weighted by Crippen LogP contribution is -2.21. The third kappa shape index (κ3) is 4.60. The molecule has 1 aromatic carbocycles. The van der Waals surface area contributed by atoms with Crippen molar-refractivity contribution in [2.24, 2.45) is 0 Å². The largest absolute Gasteiger partial charge is 0.383 e. The number of rotatable bonds is 7. The number of hydrogen-bond donors (Lipinski definition) is 1. The monoisotopic (exact) mass is 342 g/mol. The highest BCUT2D eigenvalue weighted by Gasteiger charge is 2.10. The van der Waals surface area contributed by atoms with Crippen LogP contribution in [0.5, 0.6) is 0 Å². The van der Waals surface area contributed by atoms with Crippen LogP contribution in [-0.2, 0) is 11.2 Å². The van der Waals surface area contributed by atoms with E-state index in [1.807, 2.05) is 19.1 Å². The van der Waals surface area contributed by atoms with E-state index >= 15 is 0 Å². The van der Waals surface area contributed by atoms with Crippen LogP contribution in [0.3, 0.4) is 0 Å². The van der Waals surface area contributed by atoms with Crippen LogP contribution in [0.4, 0.5) is 10.2 Å². The van der Waals surface area contributed by atoms with Crippen molar-refractivity contribution in [2.45, 2.75) is 19.4 Å². The standard InChI is InChI=1S/C18H19FN4O2/c1-12(11-24-2)21-16-8-5-14(10-20-16)18-22-17(23-25-18)9-13-3-6-15(19)7-4-13/h3-8,10,12H,9,11H2,1-2H3,(H,20,21)/t12-/m1/s1. The molecule has 1 N–H and O–H groups in total. The summed E-state index contributed by atoms with van der Waals surface area (Å²) in [4.78, 5) is 8.71. The lowest BCUT2D eigenvalue weighted by Gasteiger charge is -2.12. The Morgan fingerprint density at radius 3 is 2.68 bits per heavy atom. The summed E-state index contributed by atoms with van der Waals surface area (Å²) in [6.07, 6.45) is 2.16. The zero-order valence-corrected chi connectivity index (χ0v) is 14.1. The van der Waals surface area contributed by atoms with E-state index < -0.39 is 0 Å². The molecule has 0 aliphatic carbocycles. The zero-order chi connectivity index (χ0) is 17.6. The lowest BCUT2D eigenvalue weighted by atomic mass is 10.1. The number of nitrogens with one attached hydrogen (secondary N) is 1.